The highest BCUT2D eigenvalue weighted by molar-refractivity contribution is 6.30. The maximum Gasteiger partial charge on any atom is 0.326 e. The number of carbonyl (C=O) groups excluding carboxylic acids is 2. The molecule has 1 amide bonds. The third kappa shape index (κ3) is 4.13. The van der Waals surface area contributed by atoms with E-state index >= 15 is 0 Å². The molecule has 0 aliphatic carbocycles. The zero-order valence-electron chi connectivity index (χ0n) is 12.9. The van der Waals surface area contributed by atoms with Gasteiger partial charge in [-0.15, -0.1) is 0 Å². The summed E-state index contributed by atoms with van der Waals surface area (Å²) in [5.74, 6) is -1.92. The van der Waals surface area contributed by atoms with E-state index in [1.807, 2.05) is 24.3 Å². The summed E-state index contributed by atoms with van der Waals surface area (Å²) in [6.07, 6.45) is 1.52. The van der Waals surface area contributed by atoms with Crippen LogP contribution >= 0.6 is 11.6 Å². The van der Waals surface area contributed by atoms with E-state index in [1.54, 1.807) is 4.57 Å². The highest BCUT2D eigenvalue weighted by atomic mass is 35.5. The lowest BCUT2D eigenvalue weighted by Crippen LogP contribution is -2.23. The number of hydrogen-bond donors (Lipinski definition) is 1. The highest BCUT2D eigenvalue weighted by Crippen LogP contribution is 2.18. The Balaban J connectivity index is 1.54. The Bertz CT molecular complexity index is 942. The summed E-state index contributed by atoms with van der Waals surface area (Å²) in [6, 6.07) is 11.2. The van der Waals surface area contributed by atoms with Gasteiger partial charge in [0.2, 0.25) is 0 Å². The number of para-hydroxylation sites is 2. The van der Waals surface area contributed by atoms with Gasteiger partial charge < -0.3 is 14.6 Å². The van der Waals surface area contributed by atoms with E-state index in [-0.39, 0.29) is 17.3 Å². The first-order valence-corrected chi connectivity index (χ1v) is 7.71. The number of fused-ring (bicyclic) bond motifs is 1. The van der Waals surface area contributed by atoms with E-state index in [0.29, 0.717) is 0 Å². The lowest BCUT2D eigenvalue weighted by Gasteiger charge is -2.08. The average Bonchev–Trinajstić information content (AvgIpc) is 2.99. The smallest absolute Gasteiger partial charge is 0.326 e. The minimum absolute atomic E-state index is 0.0361. The van der Waals surface area contributed by atoms with Crippen LogP contribution in [0.4, 0.5) is 10.1 Å². The first-order chi connectivity index (χ1) is 12.0. The van der Waals surface area contributed by atoms with Gasteiger partial charge in [0.1, 0.15) is 12.4 Å². The van der Waals surface area contributed by atoms with Gasteiger partial charge in [0, 0.05) is 5.02 Å². The summed E-state index contributed by atoms with van der Waals surface area (Å²) in [5.41, 5.74) is 1.50. The van der Waals surface area contributed by atoms with Crippen molar-refractivity contribution < 1.29 is 18.7 Å². The fourth-order valence-corrected chi connectivity index (χ4v) is 2.40. The molecule has 0 saturated carbocycles. The molecular weight excluding hydrogens is 349 g/mol. The molecule has 1 aromatic heterocycles. The monoisotopic (exact) mass is 361 g/mol. The van der Waals surface area contributed by atoms with Gasteiger partial charge in [0.05, 0.1) is 23.0 Å². The van der Waals surface area contributed by atoms with Crippen molar-refractivity contribution in [2.75, 3.05) is 11.9 Å². The minimum atomic E-state index is -0.669. The highest BCUT2D eigenvalue weighted by Gasteiger charge is 2.12. The summed E-state index contributed by atoms with van der Waals surface area (Å²) in [6.45, 7) is -0.601. The van der Waals surface area contributed by atoms with Gasteiger partial charge in [-0.2, -0.15) is 0 Å². The maximum absolute atomic E-state index is 13.6. The molecule has 6 nitrogen and oxygen atoms in total. The Morgan fingerprint density at radius 1 is 1.24 bits per heavy atom. The van der Waals surface area contributed by atoms with Crippen LogP contribution in [0.3, 0.4) is 0 Å². The summed E-state index contributed by atoms with van der Waals surface area (Å²) in [7, 11) is 0. The molecule has 0 saturated heterocycles. The number of rotatable bonds is 5. The van der Waals surface area contributed by atoms with Crippen LogP contribution in [0.5, 0.6) is 0 Å². The van der Waals surface area contributed by atoms with Crippen molar-refractivity contribution in [2.45, 2.75) is 6.54 Å². The molecule has 1 heterocycles. The zero-order valence-corrected chi connectivity index (χ0v) is 13.7. The summed E-state index contributed by atoms with van der Waals surface area (Å²) >= 11 is 5.64. The molecule has 3 aromatic rings. The van der Waals surface area contributed by atoms with Gasteiger partial charge in [0.25, 0.3) is 5.91 Å². The van der Waals surface area contributed by atoms with Crippen molar-refractivity contribution in [2.24, 2.45) is 0 Å². The Morgan fingerprint density at radius 3 is 2.84 bits per heavy atom. The molecule has 0 aliphatic rings. The molecule has 3 rings (SSSR count). The number of amides is 1. The molecule has 128 valence electrons. The second kappa shape index (κ2) is 7.31. The zero-order chi connectivity index (χ0) is 17.8. The fraction of sp³-hybridized carbons (Fsp3) is 0.118. The van der Waals surface area contributed by atoms with Crippen LogP contribution in [0.15, 0.2) is 48.8 Å². The first-order valence-electron chi connectivity index (χ1n) is 7.33. The van der Waals surface area contributed by atoms with Gasteiger partial charge in [0.15, 0.2) is 6.61 Å². The Labute approximate surface area is 147 Å². The molecular formula is C17H13ClFN3O3. The third-order valence-electron chi connectivity index (χ3n) is 3.40. The molecule has 0 aliphatic heterocycles. The number of imidazole rings is 1. The lowest BCUT2D eigenvalue weighted by molar-refractivity contribution is -0.147. The predicted octanol–water partition coefficient (Wildman–Crippen LogP) is 3.01. The quantitative estimate of drug-likeness (QED) is 0.709. The van der Waals surface area contributed by atoms with E-state index in [1.165, 1.54) is 18.5 Å². The Morgan fingerprint density at radius 2 is 2.04 bits per heavy atom. The fourth-order valence-electron chi connectivity index (χ4n) is 2.24. The largest absolute Gasteiger partial charge is 0.454 e. The number of carbonyl (C=O) groups is 2. The van der Waals surface area contributed by atoms with Crippen molar-refractivity contribution in [3.8, 4) is 0 Å². The number of esters is 1. The number of hydrogen-bond acceptors (Lipinski definition) is 4. The van der Waals surface area contributed by atoms with E-state index < -0.39 is 24.3 Å². The summed E-state index contributed by atoms with van der Waals surface area (Å²) < 4.78 is 20.1. The maximum atomic E-state index is 13.6. The second-order valence-corrected chi connectivity index (χ2v) is 5.63. The van der Waals surface area contributed by atoms with Crippen molar-refractivity contribution >= 4 is 40.2 Å². The number of nitrogens with zero attached hydrogens (tertiary/aromatic N) is 2. The van der Waals surface area contributed by atoms with Crippen LogP contribution in [0, 0.1) is 5.82 Å². The molecule has 0 bridgehead atoms. The Hall–Kier alpha value is -2.93. The molecule has 1 N–H and O–H groups in total. The number of halogens is 2. The molecule has 0 radical (unpaired) electrons. The third-order valence-corrected chi connectivity index (χ3v) is 3.63. The number of aromatic nitrogens is 2. The van der Waals surface area contributed by atoms with Crippen LogP contribution in [0.25, 0.3) is 11.0 Å². The second-order valence-electron chi connectivity index (χ2n) is 5.19. The SMILES string of the molecule is O=C(COC(=O)Cn1cnc2ccccc21)Nc1ccc(Cl)cc1F. The molecule has 25 heavy (non-hydrogen) atoms. The molecule has 2 aromatic carbocycles. The van der Waals surface area contributed by atoms with Gasteiger partial charge in [-0.3, -0.25) is 9.59 Å². The number of benzene rings is 2. The first kappa shape index (κ1) is 16.9. The van der Waals surface area contributed by atoms with Gasteiger partial charge >= 0.3 is 5.97 Å². The molecule has 0 atom stereocenters. The molecule has 0 fully saturated rings. The van der Waals surface area contributed by atoms with Crippen LogP contribution in [-0.4, -0.2) is 28.0 Å². The summed E-state index contributed by atoms with van der Waals surface area (Å²) in [5, 5.41) is 2.53. The van der Waals surface area contributed by atoms with Crippen molar-refractivity contribution in [3.05, 3.63) is 59.6 Å². The number of nitrogens with one attached hydrogen (secondary N) is 1. The van der Waals surface area contributed by atoms with Crippen LogP contribution in [0.2, 0.25) is 5.02 Å². The minimum Gasteiger partial charge on any atom is -0.454 e. The van der Waals surface area contributed by atoms with E-state index in [9.17, 15) is 14.0 Å². The molecule has 8 heteroatoms. The summed E-state index contributed by atoms with van der Waals surface area (Å²) in [4.78, 5) is 27.8. The predicted molar refractivity (Wildman–Crippen MR) is 90.7 cm³/mol. The topological polar surface area (TPSA) is 73.2 Å². The van der Waals surface area contributed by atoms with Gasteiger partial charge in [-0.05, 0) is 30.3 Å². The van der Waals surface area contributed by atoms with Gasteiger partial charge in [-0.25, -0.2) is 9.37 Å². The van der Waals surface area contributed by atoms with Crippen molar-refractivity contribution in [1.82, 2.24) is 9.55 Å². The average molecular weight is 362 g/mol. The number of anilines is 1. The van der Waals surface area contributed by atoms with Gasteiger partial charge in [-0.1, -0.05) is 23.7 Å². The van der Waals surface area contributed by atoms with Crippen molar-refractivity contribution in [1.29, 1.82) is 0 Å². The standard InChI is InChI=1S/C17H13ClFN3O3/c18-11-5-6-13(12(19)7-11)21-16(23)9-25-17(24)8-22-10-20-14-3-1-2-4-15(14)22/h1-7,10H,8-9H2,(H,21,23). The number of ether oxygens (including phenoxy) is 1. The van der Waals surface area contributed by atoms with E-state index in [4.69, 9.17) is 16.3 Å². The van der Waals surface area contributed by atoms with E-state index in [2.05, 4.69) is 10.3 Å². The normalized spacial score (nSPS) is 10.6. The lowest BCUT2D eigenvalue weighted by atomic mass is 10.3. The molecule has 0 spiro atoms. The Kier molecular flexibility index (Phi) is 4.95. The van der Waals surface area contributed by atoms with Crippen LogP contribution in [-0.2, 0) is 20.9 Å². The van der Waals surface area contributed by atoms with Crippen molar-refractivity contribution in [3.63, 3.8) is 0 Å². The van der Waals surface area contributed by atoms with Crippen LogP contribution in [0.1, 0.15) is 0 Å². The molecule has 0 unspecified atom stereocenters. The van der Waals surface area contributed by atoms with E-state index in [0.717, 1.165) is 17.1 Å². The van der Waals surface area contributed by atoms with Crippen LogP contribution < -0.4 is 5.32 Å².